The van der Waals surface area contributed by atoms with Crippen molar-refractivity contribution in [2.75, 3.05) is 0 Å². The molecule has 1 saturated heterocycles. The average Bonchev–Trinajstić information content (AvgIpc) is 3.58. The third-order valence-corrected chi connectivity index (χ3v) is 9.55. The number of thioether (sulfide) groups is 1. The highest BCUT2D eigenvalue weighted by molar-refractivity contribution is 8.18. The quantitative estimate of drug-likeness (QED) is 0.243. The number of fused-ring (bicyclic) bond motifs is 1. The Labute approximate surface area is 222 Å². The fourth-order valence-electron chi connectivity index (χ4n) is 4.73. The molecule has 182 valence electrons. The van der Waals surface area contributed by atoms with Crippen molar-refractivity contribution in [3.63, 3.8) is 0 Å². The number of hydrogen-bond acceptors (Lipinski definition) is 7. The van der Waals surface area contributed by atoms with Gasteiger partial charge in [-0.15, -0.1) is 11.3 Å². The largest absolute Gasteiger partial charge is 0.450 e. The van der Waals surface area contributed by atoms with Crippen LogP contribution < -0.4 is 0 Å². The molecule has 8 heteroatoms. The number of amides is 1. The highest BCUT2D eigenvalue weighted by Crippen LogP contribution is 2.41. The molecule has 1 aliphatic heterocycles. The molecule has 0 spiro atoms. The van der Waals surface area contributed by atoms with Gasteiger partial charge in [-0.3, -0.25) is 9.69 Å². The molecule has 36 heavy (non-hydrogen) atoms. The van der Waals surface area contributed by atoms with E-state index < -0.39 is 0 Å². The van der Waals surface area contributed by atoms with Gasteiger partial charge in [-0.05, 0) is 78.7 Å². The second-order valence-electron chi connectivity index (χ2n) is 9.05. The van der Waals surface area contributed by atoms with Crippen molar-refractivity contribution < 1.29 is 9.21 Å². The van der Waals surface area contributed by atoms with Gasteiger partial charge in [-0.1, -0.05) is 50.1 Å². The molecule has 0 bridgehead atoms. The first-order chi connectivity index (χ1) is 17.6. The number of benzene rings is 2. The van der Waals surface area contributed by atoms with Crippen LogP contribution in [0.25, 0.3) is 16.3 Å². The summed E-state index contributed by atoms with van der Waals surface area (Å²) < 4.78 is 8.17. The summed E-state index contributed by atoms with van der Waals surface area (Å²) in [5.41, 5.74) is 1.85. The Kier molecular flexibility index (Phi) is 6.73. The number of carbonyl (C=O) groups is 1. The first-order valence-electron chi connectivity index (χ1n) is 12.1. The molecular formula is C28H25N3O2S3. The second-order valence-corrected chi connectivity index (χ2v) is 12.3. The molecule has 1 amide bonds. The fourth-order valence-corrected chi connectivity index (χ4v) is 7.72. The van der Waals surface area contributed by atoms with Crippen molar-refractivity contribution in [2.24, 2.45) is 10.9 Å². The number of aromatic nitrogens is 1. The van der Waals surface area contributed by atoms with Crippen LogP contribution >= 0.6 is 34.9 Å². The predicted molar refractivity (Wildman–Crippen MR) is 150 cm³/mol. The molecule has 1 aliphatic carbocycles. The van der Waals surface area contributed by atoms with Crippen LogP contribution in [0.4, 0.5) is 5.69 Å². The van der Waals surface area contributed by atoms with Crippen molar-refractivity contribution in [1.29, 1.82) is 0 Å². The lowest BCUT2D eigenvalue weighted by atomic mass is 9.85. The Balaban J connectivity index is 1.27. The monoisotopic (exact) mass is 531 g/mol. The summed E-state index contributed by atoms with van der Waals surface area (Å²) in [6.07, 6.45) is 6.37. The number of nitrogens with zero attached hydrogens (tertiary/aromatic N) is 3. The van der Waals surface area contributed by atoms with Gasteiger partial charge in [0.1, 0.15) is 5.76 Å². The van der Waals surface area contributed by atoms with Gasteiger partial charge in [-0.2, -0.15) is 0 Å². The zero-order valence-electron chi connectivity index (χ0n) is 19.8. The topological polar surface area (TPSA) is 58.7 Å². The van der Waals surface area contributed by atoms with Crippen molar-refractivity contribution >= 4 is 67.9 Å². The molecule has 2 aliphatic rings. The second kappa shape index (κ2) is 10.3. The number of hydrogen-bond donors (Lipinski definition) is 0. The minimum atomic E-state index is 0.0187. The fraction of sp³-hybridized carbons (Fsp3) is 0.250. The van der Waals surface area contributed by atoms with Crippen LogP contribution in [0.3, 0.4) is 0 Å². The predicted octanol–water partition coefficient (Wildman–Crippen LogP) is 8.22. The number of aliphatic imine (C=N–C) groups is 1. The lowest BCUT2D eigenvalue weighted by Gasteiger charge is -2.35. The maximum atomic E-state index is 13.7. The summed E-state index contributed by atoms with van der Waals surface area (Å²) in [5, 5.41) is 1.51. The SMILES string of the molecule is C[C@H]1CCCC[C@H]1N1C(=O)/C(=C/c2ccc(Sc3nc4ccccc4s3)o2)SC1=Nc1ccccc1. The molecule has 0 radical (unpaired) electrons. The van der Waals surface area contributed by atoms with Crippen LogP contribution in [0.15, 0.2) is 90.5 Å². The number of amidine groups is 1. The van der Waals surface area contributed by atoms with E-state index in [0.29, 0.717) is 16.6 Å². The van der Waals surface area contributed by atoms with Crippen LogP contribution in [-0.2, 0) is 4.79 Å². The highest BCUT2D eigenvalue weighted by atomic mass is 32.2. The summed E-state index contributed by atoms with van der Waals surface area (Å²) >= 11 is 4.59. The summed E-state index contributed by atoms with van der Waals surface area (Å²) in [6, 6.07) is 22.0. The van der Waals surface area contributed by atoms with E-state index in [1.54, 1.807) is 11.3 Å². The first-order valence-corrected chi connectivity index (χ1v) is 14.6. The molecular weight excluding hydrogens is 507 g/mol. The maximum Gasteiger partial charge on any atom is 0.267 e. The van der Waals surface area contributed by atoms with Gasteiger partial charge < -0.3 is 4.42 Å². The number of carbonyl (C=O) groups excluding carboxylic acids is 1. The molecule has 0 N–H and O–H groups in total. The number of thiazole rings is 1. The van der Waals surface area contributed by atoms with Gasteiger partial charge >= 0.3 is 0 Å². The Morgan fingerprint density at radius 1 is 1.06 bits per heavy atom. The lowest BCUT2D eigenvalue weighted by Crippen LogP contribution is -2.44. The molecule has 0 unspecified atom stereocenters. The molecule has 2 fully saturated rings. The van der Waals surface area contributed by atoms with E-state index in [1.807, 2.05) is 71.6 Å². The van der Waals surface area contributed by atoms with E-state index in [9.17, 15) is 4.79 Å². The van der Waals surface area contributed by atoms with Crippen LogP contribution in [0.5, 0.6) is 0 Å². The van der Waals surface area contributed by atoms with Gasteiger partial charge in [0.15, 0.2) is 14.6 Å². The van der Waals surface area contributed by atoms with Crippen molar-refractivity contribution in [2.45, 2.75) is 48.1 Å². The lowest BCUT2D eigenvalue weighted by molar-refractivity contribution is -0.124. The molecule has 5 nitrogen and oxygen atoms in total. The van der Waals surface area contributed by atoms with Gasteiger partial charge in [0.2, 0.25) is 0 Å². The zero-order valence-corrected chi connectivity index (χ0v) is 22.2. The summed E-state index contributed by atoms with van der Waals surface area (Å²) in [5.74, 6) is 1.13. The highest BCUT2D eigenvalue weighted by Gasteiger charge is 2.41. The zero-order chi connectivity index (χ0) is 24.5. The third-order valence-electron chi connectivity index (χ3n) is 6.55. The van der Waals surface area contributed by atoms with E-state index in [-0.39, 0.29) is 11.9 Å². The smallest absolute Gasteiger partial charge is 0.267 e. The van der Waals surface area contributed by atoms with Crippen molar-refractivity contribution in [3.05, 3.63) is 77.4 Å². The molecule has 1 saturated carbocycles. The van der Waals surface area contributed by atoms with Gasteiger partial charge in [0, 0.05) is 12.1 Å². The number of rotatable bonds is 5. The van der Waals surface area contributed by atoms with Gasteiger partial charge in [-0.25, -0.2) is 9.98 Å². The van der Waals surface area contributed by atoms with Crippen molar-refractivity contribution in [1.82, 2.24) is 9.88 Å². The van der Waals surface area contributed by atoms with Gasteiger partial charge in [0.05, 0.1) is 20.8 Å². The van der Waals surface area contributed by atoms with E-state index in [1.165, 1.54) is 29.9 Å². The number of para-hydroxylation sites is 2. The van der Waals surface area contributed by atoms with E-state index in [0.717, 1.165) is 49.8 Å². The van der Waals surface area contributed by atoms with Crippen LogP contribution in [0, 0.1) is 5.92 Å². The van der Waals surface area contributed by atoms with Crippen LogP contribution in [0.2, 0.25) is 0 Å². The van der Waals surface area contributed by atoms with Crippen LogP contribution in [0.1, 0.15) is 38.4 Å². The summed E-state index contributed by atoms with van der Waals surface area (Å²) in [7, 11) is 0. The van der Waals surface area contributed by atoms with E-state index in [2.05, 4.69) is 18.0 Å². The minimum absolute atomic E-state index is 0.0187. The minimum Gasteiger partial charge on any atom is -0.450 e. The average molecular weight is 532 g/mol. The number of furan rings is 1. The standard InChI is InChI=1S/C28H25N3O2S3/c1-18-9-5-7-13-22(18)31-26(32)24(34-27(31)29-19-10-3-2-4-11-19)17-20-15-16-25(33-20)36-28-30-21-12-6-8-14-23(21)35-28/h2-4,6,8,10-12,14-18,22H,5,7,9,13H2,1H3/b24-17-,29-27?/t18-,22+/m0/s1. The normalized spacial score (nSPS) is 22.8. The third kappa shape index (κ3) is 4.90. The first kappa shape index (κ1) is 23.6. The van der Waals surface area contributed by atoms with Gasteiger partial charge in [0.25, 0.3) is 5.91 Å². The van der Waals surface area contributed by atoms with Crippen LogP contribution in [-0.4, -0.2) is 27.0 Å². The Hall–Kier alpha value is -2.81. The van der Waals surface area contributed by atoms with Crippen molar-refractivity contribution in [3.8, 4) is 0 Å². The Bertz CT molecular complexity index is 1420. The summed E-state index contributed by atoms with van der Waals surface area (Å²) in [4.78, 5) is 25.8. The Morgan fingerprint density at radius 3 is 2.69 bits per heavy atom. The Morgan fingerprint density at radius 2 is 1.86 bits per heavy atom. The molecule has 3 heterocycles. The van der Waals surface area contributed by atoms with E-state index >= 15 is 0 Å². The molecule has 4 aromatic rings. The molecule has 6 rings (SSSR count). The molecule has 2 atom stereocenters. The maximum absolute atomic E-state index is 13.7. The molecule has 2 aromatic heterocycles. The summed E-state index contributed by atoms with van der Waals surface area (Å²) in [6.45, 7) is 2.25. The molecule has 2 aromatic carbocycles. The van der Waals surface area contributed by atoms with E-state index in [4.69, 9.17) is 9.41 Å².